The van der Waals surface area contributed by atoms with Gasteiger partial charge in [-0.15, -0.1) is 0 Å². The number of amides is 2. The maximum Gasteiger partial charge on any atom is 0.255 e. The fourth-order valence-electron chi connectivity index (χ4n) is 2.58. The summed E-state index contributed by atoms with van der Waals surface area (Å²) in [5.74, 6) is -0.660. The number of rotatable bonds is 7. The molecule has 0 saturated carbocycles. The SMILES string of the molecule is COc1ccc(OC)c(/C=C/C(=O)Nc2oc(C)c(C(C)=O)c2C(N)=O)c1. The van der Waals surface area contributed by atoms with E-state index in [2.05, 4.69) is 5.32 Å². The number of ketones is 1. The number of nitrogens with two attached hydrogens (primary N) is 1. The van der Waals surface area contributed by atoms with E-state index in [0.29, 0.717) is 17.1 Å². The van der Waals surface area contributed by atoms with E-state index in [1.54, 1.807) is 18.2 Å². The zero-order chi connectivity index (χ0) is 20.1. The van der Waals surface area contributed by atoms with E-state index in [9.17, 15) is 14.4 Å². The van der Waals surface area contributed by atoms with Gasteiger partial charge >= 0.3 is 0 Å². The summed E-state index contributed by atoms with van der Waals surface area (Å²) in [7, 11) is 3.03. The van der Waals surface area contributed by atoms with Crippen LogP contribution in [0.4, 0.5) is 5.88 Å². The van der Waals surface area contributed by atoms with E-state index >= 15 is 0 Å². The quantitative estimate of drug-likeness (QED) is 0.569. The maximum absolute atomic E-state index is 12.2. The minimum Gasteiger partial charge on any atom is -0.497 e. The highest BCUT2D eigenvalue weighted by atomic mass is 16.5. The Morgan fingerprint density at radius 2 is 1.85 bits per heavy atom. The Hall–Kier alpha value is -3.55. The molecule has 0 fully saturated rings. The van der Waals surface area contributed by atoms with E-state index in [0.717, 1.165) is 0 Å². The fraction of sp³-hybridized carbons (Fsp3) is 0.211. The number of carbonyl (C=O) groups is 3. The molecule has 0 saturated heterocycles. The molecule has 8 nitrogen and oxygen atoms in total. The highest BCUT2D eigenvalue weighted by Gasteiger charge is 2.25. The lowest BCUT2D eigenvalue weighted by Crippen LogP contribution is -2.18. The minimum atomic E-state index is -0.870. The van der Waals surface area contributed by atoms with Gasteiger partial charge in [0, 0.05) is 11.6 Å². The van der Waals surface area contributed by atoms with Gasteiger partial charge in [0.15, 0.2) is 5.78 Å². The van der Waals surface area contributed by atoms with Crippen molar-refractivity contribution in [3.8, 4) is 11.5 Å². The highest BCUT2D eigenvalue weighted by molar-refractivity contribution is 6.13. The van der Waals surface area contributed by atoms with Crippen molar-refractivity contribution in [2.45, 2.75) is 13.8 Å². The van der Waals surface area contributed by atoms with Crippen LogP contribution in [0.2, 0.25) is 0 Å². The molecule has 1 aromatic heterocycles. The second-order valence-corrected chi connectivity index (χ2v) is 5.59. The Morgan fingerprint density at radius 3 is 2.41 bits per heavy atom. The van der Waals surface area contributed by atoms with E-state index in [-0.39, 0.29) is 28.6 Å². The number of ether oxygens (including phenoxy) is 2. The first-order chi connectivity index (χ1) is 12.8. The molecule has 2 amide bonds. The van der Waals surface area contributed by atoms with Gasteiger partial charge in [-0.1, -0.05) is 0 Å². The van der Waals surface area contributed by atoms with Crippen molar-refractivity contribution in [2.75, 3.05) is 19.5 Å². The lowest BCUT2D eigenvalue weighted by molar-refractivity contribution is -0.111. The standard InChI is InChI=1S/C19H20N2O6/c1-10(22)16-11(2)27-19(17(16)18(20)24)21-15(23)8-5-12-9-13(25-3)6-7-14(12)26-4/h5-9H,1-4H3,(H2,20,24)(H,21,23)/b8-5+. The number of anilines is 1. The normalized spacial score (nSPS) is 10.7. The molecule has 0 radical (unpaired) electrons. The van der Waals surface area contributed by atoms with Crippen LogP contribution in [0, 0.1) is 6.92 Å². The summed E-state index contributed by atoms with van der Waals surface area (Å²) in [6.45, 7) is 2.79. The van der Waals surface area contributed by atoms with E-state index in [4.69, 9.17) is 19.6 Å². The van der Waals surface area contributed by atoms with Crippen molar-refractivity contribution >= 4 is 29.6 Å². The number of Topliss-reactive ketones (excluding diaryl/α,β-unsaturated/α-hetero) is 1. The van der Waals surface area contributed by atoms with Gasteiger partial charge in [-0.25, -0.2) is 0 Å². The summed E-state index contributed by atoms with van der Waals surface area (Å²) < 4.78 is 15.7. The van der Waals surface area contributed by atoms with Gasteiger partial charge in [-0.3, -0.25) is 19.7 Å². The number of methoxy groups -OCH3 is 2. The van der Waals surface area contributed by atoms with Crippen LogP contribution in [0.1, 0.15) is 39.0 Å². The van der Waals surface area contributed by atoms with Crippen LogP contribution in [0.15, 0.2) is 28.7 Å². The van der Waals surface area contributed by atoms with Gasteiger partial charge in [-0.2, -0.15) is 0 Å². The number of primary amides is 1. The van der Waals surface area contributed by atoms with Crippen molar-refractivity contribution in [3.63, 3.8) is 0 Å². The second kappa shape index (κ2) is 8.22. The molecule has 2 rings (SSSR count). The first-order valence-electron chi connectivity index (χ1n) is 7.93. The molecule has 0 bridgehead atoms. The molecule has 27 heavy (non-hydrogen) atoms. The van der Waals surface area contributed by atoms with Crippen molar-refractivity contribution in [3.05, 3.63) is 46.7 Å². The predicted octanol–water partition coefficient (Wildman–Crippen LogP) is 2.56. The van der Waals surface area contributed by atoms with Crippen LogP contribution in [0.3, 0.4) is 0 Å². The zero-order valence-corrected chi connectivity index (χ0v) is 15.4. The predicted molar refractivity (Wildman–Crippen MR) is 99.2 cm³/mol. The lowest BCUT2D eigenvalue weighted by atomic mass is 10.1. The van der Waals surface area contributed by atoms with Gasteiger partial charge in [0.1, 0.15) is 22.8 Å². The summed E-state index contributed by atoms with van der Waals surface area (Å²) in [6.07, 6.45) is 2.75. The Balaban J connectivity index is 2.29. The number of benzene rings is 1. The number of hydrogen-bond acceptors (Lipinski definition) is 6. The fourth-order valence-corrected chi connectivity index (χ4v) is 2.58. The topological polar surface area (TPSA) is 121 Å². The Labute approximate surface area is 155 Å². The van der Waals surface area contributed by atoms with Gasteiger partial charge in [0.2, 0.25) is 5.88 Å². The van der Waals surface area contributed by atoms with Crippen LogP contribution in [-0.4, -0.2) is 31.8 Å². The van der Waals surface area contributed by atoms with E-state index in [1.165, 1.54) is 40.2 Å². The molecular weight excluding hydrogens is 352 g/mol. The Kier molecular flexibility index (Phi) is 6.02. The number of carbonyl (C=O) groups excluding carboxylic acids is 3. The molecule has 0 aliphatic carbocycles. The minimum absolute atomic E-state index is 0.0521. The van der Waals surface area contributed by atoms with Gasteiger partial charge in [-0.05, 0) is 38.1 Å². The van der Waals surface area contributed by atoms with Crippen LogP contribution in [0.25, 0.3) is 6.08 Å². The summed E-state index contributed by atoms with van der Waals surface area (Å²) in [4.78, 5) is 35.6. The largest absolute Gasteiger partial charge is 0.497 e. The Morgan fingerprint density at radius 1 is 1.15 bits per heavy atom. The molecule has 0 unspecified atom stereocenters. The summed E-state index contributed by atoms with van der Waals surface area (Å²) in [5, 5.41) is 2.43. The second-order valence-electron chi connectivity index (χ2n) is 5.59. The van der Waals surface area contributed by atoms with Crippen molar-refractivity contribution in [2.24, 2.45) is 5.73 Å². The van der Waals surface area contributed by atoms with E-state index in [1.807, 2.05) is 0 Å². The van der Waals surface area contributed by atoms with Crippen molar-refractivity contribution in [1.82, 2.24) is 0 Å². The number of nitrogens with one attached hydrogen (secondary N) is 1. The molecule has 2 aromatic rings. The number of aryl methyl sites for hydroxylation is 1. The highest BCUT2D eigenvalue weighted by Crippen LogP contribution is 2.28. The molecule has 3 N–H and O–H groups in total. The van der Waals surface area contributed by atoms with Gasteiger partial charge < -0.3 is 19.6 Å². The first-order valence-corrected chi connectivity index (χ1v) is 7.93. The zero-order valence-electron chi connectivity index (χ0n) is 15.4. The molecule has 1 heterocycles. The van der Waals surface area contributed by atoms with Crippen LogP contribution >= 0.6 is 0 Å². The van der Waals surface area contributed by atoms with Crippen LogP contribution in [0.5, 0.6) is 11.5 Å². The maximum atomic E-state index is 12.2. The molecule has 1 aromatic carbocycles. The number of hydrogen-bond donors (Lipinski definition) is 2. The summed E-state index contributed by atoms with van der Waals surface area (Å²) in [6, 6.07) is 5.13. The van der Waals surface area contributed by atoms with Gasteiger partial charge in [0.25, 0.3) is 11.8 Å². The van der Waals surface area contributed by atoms with Crippen molar-refractivity contribution in [1.29, 1.82) is 0 Å². The Bertz CT molecular complexity index is 927. The summed E-state index contributed by atoms with van der Waals surface area (Å²) in [5.41, 5.74) is 5.84. The van der Waals surface area contributed by atoms with Crippen molar-refractivity contribution < 1.29 is 28.3 Å². The molecule has 142 valence electrons. The molecule has 0 aliphatic heterocycles. The third-order valence-electron chi connectivity index (χ3n) is 3.77. The lowest BCUT2D eigenvalue weighted by Gasteiger charge is -2.07. The average molecular weight is 372 g/mol. The third kappa shape index (κ3) is 4.35. The molecule has 0 spiro atoms. The third-order valence-corrected chi connectivity index (χ3v) is 3.77. The molecule has 0 aliphatic rings. The number of furan rings is 1. The van der Waals surface area contributed by atoms with Crippen LogP contribution in [-0.2, 0) is 4.79 Å². The van der Waals surface area contributed by atoms with E-state index < -0.39 is 11.8 Å². The molecular formula is C19H20N2O6. The molecule has 0 atom stereocenters. The average Bonchev–Trinajstić information content (AvgIpc) is 2.95. The molecule has 8 heteroatoms. The first kappa shape index (κ1) is 19.8. The summed E-state index contributed by atoms with van der Waals surface area (Å²) >= 11 is 0. The monoisotopic (exact) mass is 372 g/mol. The smallest absolute Gasteiger partial charge is 0.255 e. The van der Waals surface area contributed by atoms with Gasteiger partial charge in [0.05, 0.1) is 19.8 Å². The van der Waals surface area contributed by atoms with Crippen LogP contribution < -0.4 is 20.5 Å².